The fraction of sp³-hybridized carbons (Fsp3) is 0.429. The van der Waals surface area contributed by atoms with E-state index in [-0.39, 0.29) is 31.0 Å². The molecular weight excluding hydrogens is 404 g/mol. The van der Waals surface area contributed by atoms with Gasteiger partial charge in [-0.1, -0.05) is 17.9 Å². The average Bonchev–Trinajstić information content (AvgIpc) is 2.98. The first-order valence-electron chi connectivity index (χ1n) is 9.85. The fourth-order valence-electron chi connectivity index (χ4n) is 3.52. The van der Waals surface area contributed by atoms with Gasteiger partial charge in [0.15, 0.2) is 0 Å². The zero-order valence-corrected chi connectivity index (χ0v) is 17.4. The third kappa shape index (κ3) is 4.78. The van der Waals surface area contributed by atoms with E-state index in [0.29, 0.717) is 36.2 Å². The number of para-hydroxylation sites is 1. The summed E-state index contributed by atoms with van der Waals surface area (Å²) >= 11 is 0. The summed E-state index contributed by atoms with van der Waals surface area (Å²) in [5.41, 5.74) is 1.45. The number of hydrogen-bond donors (Lipinski definition) is 2. The lowest BCUT2D eigenvalue weighted by atomic mass is 10.1. The van der Waals surface area contributed by atoms with Crippen molar-refractivity contribution in [3.63, 3.8) is 0 Å². The summed E-state index contributed by atoms with van der Waals surface area (Å²) in [5, 5.41) is 11.1. The third-order valence-corrected chi connectivity index (χ3v) is 5.13. The first-order chi connectivity index (χ1) is 14.8. The Morgan fingerprint density at radius 1 is 1.35 bits per heavy atom. The lowest BCUT2D eigenvalue weighted by molar-refractivity contribution is -0.135. The number of fused-ring (bicyclic) bond motifs is 1. The summed E-state index contributed by atoms with van der Waals surface area (Å²) in [6.45, 7) is 0.911. The molecule has 1 atom stereocenters. The molecule has 1 aliphatic heterocycles. The summed E-state index contributed by atoms with van der Waals surface area (Å²) in [7, 11) is 3.11. The number of carbonyl (C=O) groups excluding carboxylic acids is 2. The number of hydrogen-bond acceptors (Lipinski definition) is 5. The fourth-order valence-corrected chi connectivity index (χ4v) is 3.52. The lowest BCUT2D eigenvalue weighted by Gasteiger charge is -2.21. The molecule has 1 unspecified atom stereocenters. The van der Waals surface area contributed by atoms with Gasteiger partial charge < -0.3 is 14.7 Å². The van der Waals surface area contributed by atoms with Crippen LogP contribution in [0.1, 0.15) is 30.9 Å². The maximum Gasteiger partial charge on any atom is 0.407 e. The van der Waals surface area contributed by atoms with Gasteiger partial charge >= 0.3 is 11.8 Å². The Morgan fingerprint density at radius 3 is 2.84 bits per heavy atom. The van der Waals surface area contributed by atoms with Crippen LogP contribution in [-0.4, -0.2) is 63.9 Å². The summed E-state index contributed by atoms with van der Waals surface area (Å²) in [5.74, 6) is 5.09. The van der Waals surface area contributed by atoms with Crippen LogP contribution in [0.3, 0.4) is 0 Å². The molecule has 10 heteroatoms. The average molecular weight is 428 g/mol. The standard InChI is InChI=1S/C21H24N4O6/c1-23(21(29)30)11-5-13-31-12-4-7-14-6-3-8-15-18(14)24(2)20(28)25(15)16-9-10-17(26)22-19(16)27/h3,6,8,16H,5,9-13H2,1-2H3,(H,29,30)(H,22,26,27). The number of carboxylic acid groups (broad SMARTS) is 1. The van der Waals surface area contributed by atoms with Gasteiger partial charge in [-0.15, -0.1) is 0 Å². The second-order valence-corrected chi connectivity index (χ2v) is 7.26. The quantitative estimate of drug-likeness (QED) is 0.396. The highest BCUT2D eigenvalue weighted by Gasteiger charge is 2.31. The van der Waals surface area contributed by atoms with Gasteiger partial charge in [0.2, 0.25) is 11.8 Å². The van der Waals surface area contributed by atoms with Crippen LogP contribution in [0.25, 0.3) is 11.0 Å². The predicted molar refractivity (Wildman–Crippen MR) is 112 cm³/mol. The molecule has 3 rings (SSSR count). The van der Waals surface area contributed by atoms with Crippen molar-refractivity contribution in [3.8, 4) is 11.8 Å². The molecule has 1 aromatic carbocycles. The Kier molecular flexibility index (Phi) is 6.77. The smallest absolute Gasteiger partial charge is 0.407 e. The predicted octanol–water partition coefficient (Wildman–Crippen LogP) is 0.686. The van der Waals surface area contributed by atoms with Crippen LogP contribution in [0.5, 0.6) is 0 Å². The maximum absolute atomic E-state index is 12.9. The van der Waals surface area contributed by atoms with Crippen LogP contribution in [-0.2, 0) is 21.4 Å². The van der Waals surface area contributed by atoms with Gasteiger partial charge in [0.25, 0.3) is 0 Å². The molecule has 0 radical (unpaired) electrons. The van der Waals surface area contributed by atoms with Crippen LogP contribution in [0, 0.1) is 11.8 Å². The van der Waals surface area contributed by atoms with E-state index < -0.39 is 18.0 Å². The molecule has 1 aliphatic rings. The third-order valence-electron chi connectivity index (χ3n) is 5.13. The molecule has 0 bridgehead atoms. The maximum atomic E-state index is 12.9. The SMILES string of the molecule is CN(CCCOCC#Cc1cccc2c1n(C)c(=O)n2C1CCC(=O)NC1=O)C(=O)O. The number of nitrogens with one attached hydrogen (secondary N) is 1. The van der Waals surface area contributed by atoms with Crippen LogP contribution >= 0.6 is 0 Å². The number of imidazole rings is 1. The van der Waals surface area contributed by atoms with Crippen LogP contribution in [0.4, 0.5) is 4.79 Å². The van der Waals surface area contributed by atoms with E-state index >= 15 is 0 Å². The molecule has 0 spiro atoms. The molecule has 1 fully saturated rings. The second-order valence-electron chi connectivity index (χ2n) is 7.26. The number of carbonyl (C=O) groups is 3. The molecule has 0 saturated carbocycles. The number of aryl methyl sites for hydroxylation is 1. The number of aromatic nitrogens is 2. The Morgan fingerprint density at radius 2 is 2.13 bits per heavy atom. The lowest BCUT2D eigenvalue weighted by Crippen LogP contribution is -2.44. The topological polar surface area (TPSA) is 123 Å². The number of piperidine rings is 1. The summed E-state index contributed by atoms with van der Waals surface area (Å²) < 4.78 is 8.29. The Bertz CT molecular complexity index is 1140. The number of rotatable bonds is 6. The van der Waals surface area contributed by atoms with Crippen molar-refractivity contribution in [2.24, 2.45) is 7.05 Å². The van der Waals surface area contributed by atoms with E-state index in [0.717, 1.165) is 0 Å². The van der Waals surface area contributed by atoms with Crippen molar-refractivity contribution in [2.45, 2.75) is 25.3 Å². The molecule has 1 saturated heterocycles. The first kappa shape index (κ1) is 22.1. The number of ether oxygens (including phenoxy) is 1. The van der Waals surface area contributed by atoms with Crippen molar-refractivity contribution in [3.05, 3.63) is 34.2 Å². The van der Waals surface area contributed by atoms with E-state index in [1.54, 1.807) is 25.2 Å². The Balaban J connectivity index is 1.75. The van der Waals surface area contributed by atoms with Crippen LogP contribution in [0.15, 0.2) is 23.0 Å². The minimum atomic E-state index is -0.984. The van der Waals surface area contributed by atoms with E-state index in [4.69, 9.17) is 9.84 Å². The van der Waals surface area contributed by atoms with E-state index in [1.807, 2.05) is 0 Å². The van der Waals surface area contributed by atoms with E-state index in [9.17, 15) is 19.2 Å². The molecule has 0 aliphatic carbocycles. The van der Waals surface area contributed by atoms with Crippen molar-refractivity contribution < 1.29 is 24.2 Å². The second kappa shape index (κ2) is 9.49. The minimum absolute atomic E-state index is 0.162. The minimum Gasteiger partial charge on any atom is -0.465 e. The van der Waals surface area contributed by atoms with Crippen LogP contribution < -0.4 is 11.0 Å². The monoisotopic (exact) mass is 428 g/mol. The Hall–Kier alpha value is -3.58. The highest BCUT2D eigenvalue weighted by Crippen LogP contribution is 2.24. The molecule has 31 heavy (non-hydrogen) atoms. The molecule has 3 amide bonds. The van der Waals surface area contributed by atoms with Gasteiger partial charge in [-0.3, -0.25) is 24.0 Å². The summed E-state index contributed by atoms with van der Waals surface area (Å²) in [6, 6.07) is 4.55. The molecule has 164 valence electrons. The van der Waals surface area contributed by atoms with Crippen molar-refractivity contribution >= 4 is 28.9 Å². The number of nitrogens with zero attached hydrogens (tertiary/aromatic N) is 3. The number of amides is 3. The van der Waals surface area contributed by atoms with Crippen molar-refractivity contribution in [1.82, 2.24) is 19.4 Å². The highest BCUT2D eigenvalue weighted by molar-refractivity contribution is 6.00. The van der Waals surface area contributed by atoms with Gasteiger partial charge in [-0.25, -0.2) is 9.59 Å². The first-order valence-corrected chi connectivity index (χ1v) is 9.85. The number of imide groups is 1. The molecule has 10 nitrogen and oxygen atoms in total. The summed E-state index contributed by atoms with van der Waals surface area (Å²) in [4.78, 5) is 48.5. The molecular formula is C21H24N4O6. The van der Waals surface area contributed by atoms with E-state index in [1.165, 1.54) is 21.1 Å². The van der Waals surface area contributed by atoms with Gasteiger partial charge in [-0.05, 0) is 25.0 Å². The zero-order valence-electron chi connectivity index (χ0n) is 17.4. The van der Waals surface area contributed by atoms with Gasteiger partial charge in [-0.2, -0.15) is 0 Å². The Labute approximate surface area is 178 Å². The zero-order chi connectivity index (χ0) is 22.5. The molecule has 2 aromatic rings. The summed E-state index contributed by atoms with van der Waals surface area (Å²) in [6.07, 6.45) is 0.0226. The van der Waals surface area contributed by atoms with Gasteiger partial charge in [0, 0.05) is 33.7 Å². The largest absolute Gasteiger partial charge is 0.465 e. The molecule has 2 N–H and O–H groups in total. The van der Waals surface area contributed by atoms with E-state index in [2.05, 4.69) is 17.2 Å². The normalized spacial score (nSPS) is 16.0. The highest BCUT2D eigenvalue weighted by atomic mass is 16.5. The van der Waals surface area contributed by atoms with Crippen molar-refractivity contribution in [1.29, 1.82) is 0 Å². The van der Waals surface area contributed by atoms with Gasteiger partial charge in [0.05, 0.1) is 16.6 Å². The van der Waals surface area contributed by atoms with Gasteiger partial charge in [0.1, 0.15) is 12.6 Å². The number of benzene rings is 1. The van der Waals surface area contributed by atoms with Crippen LogP contribution in [0.2, 0.25) is 0 Å². The molecule has 1 aromatic heterocycles. The molecule has 2 heterocycles. The van der Waals surface area contributed by atoms with Crippen molar-refractivity contribution in [2.75, 3.05) is 26.8 Å².